The molecule has 0 saturated carbocycles. The van der Waals surface area contributed by atoms with Gasteiger partial charge < -0.3 is 14.8 Å². The molecule has 0 unspecified atom stereocenters. The van der Waals surface area contributed by atoms with Crippen LogP contribution in [0.4, 0.5) is 0 Å². The quantitative estimate of drug-likeness (QED) is 0.782. The van der Waals surface area contributed by atoms with E-state index in [2.05, 4.69) is 40.3 Å². The second-order valence-electron chi connectivity index (χ2n) is 3.39. The second kappa shape index (κ2) is 7.65. The van der Waals surface area contributed by atoms with E-state index in [1.54, 1.807) is 7.11 Å². The van der Waals surface area contributed by atoms with Crippen LogP contribution in [-0.4, -0.2) is 26.9 Å². The van der Waals surface area contributed by atoms with E-state index in [1.807, 2.05) is 6.07 Å². The highest BCUT2D eigenvalue weighted by molar-refractivity contribution is 9.10. The first kappa shape index (κ1) is 13.5. The fourth-order valence-electron chi connectivity index (χ4n) is 1.28. The molecule has 0 radical (unpaired) electrons. The first-order valence-corrected chi connectivity index (χ1v) is 6.18. The fraction of sp³-hybridized carbons (Fsp3) is 0.500. The molecule has 1 rings (SSSR count). The van der Waals surface area contributed by atoms with Crippen molar-refractivity contribution in [2.75, 3.05) is 26.9 Å². The lowest BCUT2D eigenvalue weighted by Crippen LogP contribution is -2.11. The Morgan fingerprint density at radius 1 is 1.31 bits per heavy atom. The summed E-state index contributed by atoms with van der Waals surface area (Å²) >= 11 is 3.50. The molecule has 0 spiro atoms. The Morgan fingerprint density at radius 3 is 2.75 bits per heavy atom. The maximum absolute atomic E-state index is 5.54. The summed E-state index contributed by atoms with van der Waals surface area (Å²) in [7, 11) is 1.66. The van der Waals surface area contributed by atoms with Gasteiger partial charge in [0, 0.05) is 13.7 Å². The molecule has 16 heavy (non-hydrogen) atoms. The van der Waals surface area contributed by atoms with E-state index in [4.69, 9.17) is 9.47 Å². The molecule has 0 atom stereocenters. The largest absolute Gasteiger partial charge is 0.490 e. The van der Waals surface area contributed by atoms with Crippen LogP contribution in [0.2, 0.25) is 0 Å². The molecule has 1 aromatic rings. The number of halogens is 1. The summed E-state index contributed by atoms with van der Waals surface area (Å²) < 4.78 is 11.5. The molecule has 0 bridgehead atoms. The smallest absolute Gasteiger partial charge is 0.133 e. The summed E-state index contributed by atoms with van der Waals surface area (Å²) in [6.07, 6.45) is 0. The van der Waals surface area contributed by atoms with Gasteiger partial charge in [-0.05, 0) is 40.2 Å². The first-order chi connectivity index (χ1) is 7.77. The Balaban J connectivity index is 2.53. The average Bonchev–Trinajstić information content (AvgIpc) is 2.29. The van der Waals surface area contributed by atoms with Gasteiger partial charge in [-0.25, -0.2) is 0 Å². The minimum atomic E-state index is 0.571. The van der Waals surface area contributed by atoms with Crippen LogP contribution in [0.15, 0.2) is 22.7 Å². The normalized spacial score (nSPS) is 10.4. The van der Waals surface area contributed by atoms with Gasteiger partial charge in [-0.2, -0.15) is 0 Å². The Morgan fingerprint density at radius 2 is 2.12 bits per heavy atom. The van der Waals surface area contributed by atoms with Gasteiger partial charge in [0.05, 0.1) is 11.1 Å². The van der Waals surface area contributed by atoms with Gasteiger partial charge in [0.15, 0.2) is 0 Å². The number of ether oxygens (including phenoxy) is 2. The molecule has 0 aliphatic rings. The molecule has 3 nitrogen and oxygen atoms in total. The third-order valence-electron chi connectivity index (χ3n) is 2.12. The van der Waals surface area contributed by atoms with Gasteiger partial charge in [0.1, 0.15) is 12.4 Å². The maximum atomic E-state index is 5.54. The topological polar surface area (TPSA) is 30.5 Å². The average molecular weight is 288 g/mol. The molecule has 4 heteroatoms. The van der Waals surface area contributed by atoms with E-state index in [-0.39, 0.29) is 0 Å². The van der Waals surface area contributed by atoms with Crippen LogP contribution < -0.4 is 10.1 Å². The lowest BCUT2D eigenvalue weighted by Gasteiger charge is -2.09. The molecule has 0 amide bonds. The zero-order chi connectivity index (χ0) is 11.8. The summed E-state index contributed by atoms with van der Waals surface area (Å²) in [5, 5.41) is 3.28. The number of benzene rings is 1. The van der Waals surface area contributed by atoms with Gasteiger partial charge in [0.2, 0.25) is 0 Å². The predicted molar refractivity (Wildman–Crippen MR) is 68.9 cm³/mol. The molecular formula is C12H18BrNO2. The minimum absolute atomic E-state index is 0.571. The number of nitrogens with one attached hydrogen (secondary N) is 1. The summed E-state index contributed by atoms with van der Waals surface area (Å²) in [6.45, 7) is 5.13. The Hall–Kier alpha value is -0.580. The monoisotopic (exact) mass is 287 g/mol. The highest BCUT2D eigenvalue weighted by atomic mass is 79.9. The van der Waals surface area contributed by atoms with Crippen LogP contribution in [0.5, 0.6) is 5.75 Å². The van der Waals surface area contributed by atoms with Crippen LogP contribution in [0, 0.1) is 0 Å². The standard InChI is InChI=1S/C12H18BrNO2/c1-3-14-9-10-4-5-12(11(13)8-10)16-7-6-15-2/h4-5,8,14H,3,6-7,9H2,1-2H3. The van der Waals surface area contributed by atoms with Crippen LogP contribution in [0.1, 0.15) is 12.5 Å². The van der Waals surface area contributed by atoms with Crippen molar-refractivity contribution in [3.8, 4) is 5.75 Å². The third kappa shape index (κ3) is 4.51. The highest BCUT2D eigenvalue weighted by Crippen LogP contribution is 2.25. The summed E-state index contributed by atoms with van der Waals surface area (Å²) in [5.41, 5.74) is 1.24. The zero-order valence-electron chi connectivity index (χ0n) is 9.75. The van der Waals surface area contributed by atoms with E-state index in [1.165, 1.54) is 5.56 Å². The first-order valence-electron chi connectivity index (χ1n) is 5.38. The van der Waals surface area contributed by atoms with Crippen molar-refractivity contribution < 1.29 is 9.47 Å². The molecule has 0 fully saturated rings. The molecule has 1 N–H and O–H groups in total. The van der Waals surface area contributed by atoms with E-state index in [9.17, 15) is 0 Å². The van der Waals surface area contributed by atoms with Crippen LogP contribution in [-0.2, 0) is 11.3 Å². The van der Waals surface area contributed by atoms with Crippen molar-refractivity contribution in [2.45, 2.75) is 13.5 Å². The van der Waals surface area contributed by atoms with Crippen molar-refractivity contribution in [1.29, 1.82) is 0 Å². The lowest BCUT2D eigenvalue weighted by atomic mass is 10.2. The van der Waals surface area contributed by atoms with Crippen molar-refractivity contribution in [3.05, 3.63) is 28.2 Å². The summed E-state index contributed by atoms with van der Waals surface area (Å²) in [6, 6.07) is 6.12. The SMILES string of the molecule is CCNCc1ccc(OCCOC)c(Br)c1. The number of hydrogen-bond donors (Lipinski definition) is 1. The van der Waals surface area contributed by atoms with Gasteiger partial charge in [-0.3, -0.25) is 0 Å². The van der Waals surface area contributed by atoms with E-state index < -0.39 is 0 Å². The van der Waals surface area contributed by atoms with Crippen molar-refractivity contribution >= 4 is 15.9 Å². The fourth-order valence-corrected chi connectivity index (χ4v) is 1.82. The Kier molecular flexibility index (Phi) is 6.45. The number of rotatable bonds is 7. The molecule has 0 saturated heterocycles. The van der Waals surface area contributed by atoms with Crippen LogP contribution in [0.25, 0.3) is 0 Å². The third-order valence-corrected chi connectivity index (χ3v) is 2.74. The molecule has 1 aromatic carbocycles. The Bertz CT molecular complexity index is 318. The molecule has 90 valence electrons. The van der Waals surface area contributed by atoms with Gasteiger partial charge in [-0.1, -0.05) is 13.0 Å². The van der Waals surface area contributed by atoms with Crippen molar-refractivity contribution in [3.63, 3.8) is 0 Å². The summed E-state index contributed by atoms with van der Waals surface area (Å²) in [4.78, 5) is 0. The number of hydrogen-bond acceptors (Lipinski definition) is 3. The van der Waals surface area contributed by atoms with Gasteiger partial charge >= 0.3 is 0 Å². The van der Waals surface area contributed by atoms with Crippen molar-refractivity contribution in [1.82, 2.24) is 5.32 Å². The van der Waals surface area contributed by atoms with Crippen LogP contribution >= 0.6 is 15.9 Å². The second-order valence-corrected chi connectivity index (χ2v) is 4.24. The lowest BCUT2D eigenvalue weighted by molar-refractivity contribution is 0.146. The molecule has 0 heterocycles. The summed E-state index contributed by atoms with van der Waals surface area (Å²) in [5.74, 6) is 0.859. The van der Waals surface area contributed by atoms with Crippen molar-refractivity contribution in [2.24, 2.45) is 0 Å². The highest BCUT2D eigenvalue weighted by Gasteiger charge is 2.02. The minimum Gasteiger partial charge on any atom is -0.490 e. The van der Waals surface area contributed by atoms with Gasteiger partial charge in [0.25, 0.3) is 0 Å². The maximum Gasteiger partial charge on any atom is 0.133 e. The van der Waals surface area contributed by atoms with Crippen LogP contribution in [0.3, 0.4) is 0 Å². The van der Waals surface area contributed by atoms with E-state index in [0.29, 0.717) is 13.2 Å². The molecule has 0 aromatic heterocycles. The molecule has 0 aliphatic carbocycles. The zero-order valence-corrected chi connectivity index (χ0v) is 11.3. The van der Waals surface area contributed by atoms with E-state index >= 15 is 0 Å². The predicted octanol–water partition coefficient (Wildman–Crippen LogP) is 2.58. The molecular weight excluding hydrogens is 270 g/mol. The number of methoxy groups -OCH3 is 1. The molecule has 0 aliphatic heterocycles. The van der Waals surface area contributed by atoms with Gasteiger partial charge in [-0.15, -0.1) is 0 Å². The Labute approximate surface area is 105 Å². The van der Waals surface area contributed by atoms with E-state index in [0.717, 1.165) is 23.3 Å².